The Bertz CT molecular complexity index is 272. The zero-order valence-corrected chi connectivity index (χ0v) is 8.03. The van der Waals surface area contributed by atoms with Crippen LogP contribution in [-0.4, -0.2) is 17.4 Å². The molecule has 0 unspecified atom stereocenters. The number of nitrogens with zero attached hydrogens (tertiary/aromatic N) is 2. The summed E-state index contributed by atoms with van der Waals surface area (Å²) >= 11 is 0. The highest BCUT2D eigenvalue weighted by molar-refractivity contribution is 5.91. The average molecular weight is 178 g/mol. The van der Waals surface area contributed by atoms with E-state index in [2.05, 4.69) is 4.98 Å². The summed E-state index contributed by atoms with van der Waals surface area (Å²) < 4.78 is 0. The Morgan fingerprint density at radius 1 is 1.46 bits per heavy atom. The van der Waals surface area contributed by atoms with Crippen molar-refractivity contribution in [2.24, 2.45) is 0 Å². The van der Waals surface area contributed by atoms with Gasteiger partial charge in [0, 0.05) is 19.2 Å². The highest BCUT2D eigenvalue weighted by Crippen LogP contribution is 2.09. The molecular weight excluding hydrogens is 164 g/mol. The molecule has 0 bridgehead atoms. The van der Waals surface area contributed by atoms with Gasteiger partial charge in [0.05, 0.1) is 0 Å². The second kappa shape index (κ2) is 4.60. The topological polar surface area (TPSA) is 33.2 Å². The summed E-state index contributed by atoms with van der Waals surface area (Å²) in [6.45, 7) is 4.47. The Kier molecular flexibility index (Phi) is 3.43. The first kappa shape index (κ1) is 9.71. The normalized spacial score (nSPS) is 9.69. The van der Waals surface area contributed by atoms with E-state index in [0.717, 1.165) is 5.82 Å². The number of carbonyl (C=O) groups is 1. The maximum atomic E-state index is 11.4. The first-order valence-electron chi connectivity index (χ1n) is 4.51. The summed E-state index contributed by atoms with van der Waals surface area (Å²) in [7, 11) is 0. The predicted molar refractivity (Wildman–Crippen MR) is 52.6 cm³/mol. The molecule has 1 aromatic rings. The number of anilines is 1. The summed E-state index contributed by atoms with van der Waals surface area (Å²) in [6, 6.07) is 5.57. The molecule has 0 aromatic carbocycles. The van der Waals surface area contributed by atoms with Crippen molar-refractivity contribution >= 4 is 11.7 Å². The Labute approximate surface area is 78.4 Å². The average Bonchev–Trinajstić information content (AvgIpc) is 2.20. The van der Waals surface area contributed by atoms with Gasteiger partial charge in [-0.05, 0) is 19.1 Å². The van der Waals surface area contributed by atoms with Crippen LogP contribution in [-0.2, 0) is 4.79 Å². The van der Waals surface area contributed by atoms with E-state index in [1.54, 1.807) is 11.1 Å². The van der Waals surface area contributed by atoms with E-state index in [0.29, 0.717) is 13.0 Å². The van der Waals surface area contributed by atoms with Crippen LogP contribution < -0.4 is 4.90 Å². The van der Waals surface area contributed by atoms with Crippen LogP contribution in [0.15, 0.2) is 24.4 Å². The number of pyridine rings is 1. The quantitative estimate of drug-likeness (QED) is 0.707. The van der Waals surface area contributed by atoms with Crippen molar-refractivity contribution in [2.45, 2.75) is 20.3 Å². The van der Waals surface area contributed by atoms with Gasteiger partial charge in [0.15, 0.2) is 0 Å². The second-order valence-corrected chi connectivity index (χ2v) is 2.68. The summed E-state index contributed by atoms with van der Waals surface area (Å²) in [5.41, 5.74) is 0. The van der Waals surface area contributed by atoms with E-state index in [4.69, 9.17) is 0 Å². The van der Waals surface area contributed by atoms with E-state index in [1.807, 2.05) is 32.0 Å². The Balaban J connectivity index is 2.85. The fourth-order valence-electron chi connectivity index (χ4n) is 1.17. The van der Waals surface area contributed by atoms with Crippen molar-refractivity contribution in [3.05, 3.63) is 24.4 Å². The van der Waals surface area contributed by atoms with Crippen molar-refractivity contribution < 1.29 is 4.79 Å². The maximum Gasteiger partial charge on any atom is 0.227 e. The van der Waals surface area contributed by atoms with Crippen molar-refractivity contribution in [2.75, 3.05) is 11.4 Å². The molecule has 0 aliphatic carbocycles. The van der Waals surface area contributed by atoms with Crippen molar-refractivity contribution in [1.82, 2.24) is 4.98 Å². The molecule has 0 aliphatic rings. The van der Waals surface area contributed by atoms with E-state index in [-0.39, 0.29) is 5.91 Å². The summed E-state index contributed by atoms with van der Waals surface area (Å²) in [4.78, 5) is 17.2. The lowest BCUT2D eigenvalue weighted by Crippen LogP contribution is -2.30. The fraction of sp³-hybridized carbons (Fsp3) is 0.400. The van der Waals surface area contributed by atoms with Crippen LogP contribution in [0.25, 0.3) is 0 Å². The molecule has 0 spiro atoms. The highest BCUT2D eigenvalue weighted by atomic mass is 16.2. The molecule has 1 amide bonds. The molecule has 0 atom stereocenters. The van der Waals surface area contributed by atoms with Crippen LogP contribution in [0.2, 0.25) is 0 Å². The van der Waals surface area contributed by atoms with Gasteiger partial charge in [-0.3, -0.25) is 9.69 Å². The van der Waals surface area contributed by atoms with E-state index < -0.39 is 0 Å². The number of carbonyl (C=O) groups excluding carboxylic acids is 1. The second-order valence-electron chi connectivity index (χ2n) is 2.68. The van der Waals surface area contributed by atoms with E-state index >= 15 is 0 Å². The number of aromatic nitrogens is 1. The lowest BCUT2D eigenvalue weighted by Gasteiger charge is -2.18. The van der Waals surface area contributed by atoms with Gasteiger partial charge in [0.2, 0.25) is 5.91 Å². The molecule has 3 heteroatoms. The van der Waals surface area contributed by atoms with Gasteiger partial charge < -0.3 is 0 Å². The van der Waals surface area contributed by atoms with Crippen LogP contribution in [0.1, 0.15) is 20.3 Å². The first-order valence-corrected chi connectivity index (χ1v) is 4.51. The van der Waals surface area contributed by atoms with Crippen LogP contribution >= 0.6 is 0 Å². The molecule has 70 valence electrons. The molecule has 0 N–H and O–H groups in total. The van der Waals surface area contributed by atoms with E-state index in [9.17, 15) is 4.79 Å². The van der Waals surface area contributed by atoms with Crippen LogP contribution in [0, 0.1) is 0 Å². The first-order chi connectivity index (χ1) is 6.29. The molecule has 13 heavy (non-hydrogen) atoms. The van der Waals surface area contributed by atoms with Crippen LogP contribution in [0.4, 0.5) is 5.82 Å². The third kappa shape index (κ3) is 2.28. The highest BCUT2D eigenvalue weighted by Gasteiger charge is 2.11. The van der Waals surface area contributed by atoms with Gasteiger partial charge in [0.25, 0.3) is 0 Å². The maximum absolute atomic E-state index is 11.4. The van der Waals surface area contributed by atoms with Gasteiger partial charge in [-0.25, -0.2) is 4.98 Å². The third-order valence-electron chi connectivity index (χ3n) is 1.85. The number of hydrogen-bond acceptors (Lipinski definition) is 2. The smallest absolute Gasteiger partial charge is 0.227 e. The Hall–Kier alpha value is -1.38. The minimum absolute atomic E-state index is 0.112. The van der Waals surface area contributed by atoms with Gasteiger partial charge in [0.1, 0.15) is 5.82 Å². The molecule has 0 fully saturated rings. The fourth-order valence-corrected chi connectivity index (χ4v) is 1.17. The molecule has 1 aromatic heterocycles. The number of hydrogen-bond donors (Lipinski definition) is 0. The molecule has 3 nitrogen and oxygen atoms in total. The third-order valence-corrected chi connectivity index (χ3v) is 1.85. The van der Waals surface area contributed by atoms with Crippen molar-refractivity contribution in [3.63, 3.8) is 0 Å². The number of amides is 1. The minimum atomic E-state index is 0.112. The standard InChI is InChI=1S/C10H14N2O/c1-3-10(13)12(4-2)9-7-5-6-8-11-9/h5-8H,3-4H2,1-2H3. The lowest BCUT2D eigenvalue weighted by atomic mass is 10.3. The largest absolute Gasteiger partial charge is 0.297 e. The van der Waals surface area contributed by atoms with Crippen molar-refractivity contribution in [3.8, 4) is 0 Å². The van der Waals surface area contributed by atoms with Gasteiger partial charge in [-0.15, -0.1) is 0 Å². The van der Waals surface area contributed by atoms with Crippen LogP contribution in [0.5, 0.6) is 0 Å². The van der Waals surface area contributed by atoms with E-state index in [1.165, 1.54) is 0 Å². The molecular formula is C10H14N2O. The van der Waals surface area contributed by atoms with Gasteiger partial charge >= 0.3 is 0 Å². The lowest BCUT2D eigenvalue weighted by molar-refractivity contribution is -0.118. The zero-order valence-electron chi connectivity index (χ0n) is 8.03. The van der Waals surface area contributed by atoms with Crippen LogP contribution in [0.3, 0.4) is 0 Å². The summed E-state index contributed by atoms with van der Waals surface area (Å²) in [5, 5.41) is 0. The van der Waals surface area contributed by atoms with Crippen molar-refractivity contribution in [1.29, 1.82) is 0 Å². The molecule has 0 saturated heterocycles. The summed E-state index contributed by atoms with van der Waals surface area (Å²) in [5.74, 6) is 0.845. The Morgan fingerprint density at radius 2 is 2.23 bits per heavy atom. The monoisotopic (exact) mass is 178 g/mol. The van der Waals surface area contributed by atoms with Gasteiger partial charge in [-0.1, -0.05) is 13.0 Å². The predicted octanol–water partition coefficient (Wildman–Crippen LogP) is 1.84. The molecule has 0 aliphatic heterocycles. The Morgan fingerprint density at radius 3 is 2.69 bits per heavy atom. The SMILES string of the molecule is CCC(=O)N(CC)c1ccccn1. The zero-order chi connectivity index (χ0) is 9.68. The molecule has 0 saturated carbocycles. The summed E-state index contributed by atoms with van der Waals surface area (Å²) in [6.07, 6.45) is 2.21. The van der Waals surface area contributed by atoms with Gasteiger partial charge in [-0.2, -0.15) is 0 Å². The molecule has 1 rings (SSSR count). The number of rotatable bonds is 3. The molecule has 1 heterocycles. The minimum Gasteiger partial charge on any atom is -0.297 e. The molecule has 0 radical (unpaired) electrons.